The van der Waals surface area contributed by atoms with E-state index in [4.69, 9.17) is 0 Å². The lowest BCUT2D eigenvalue weighted by Crippen LogP contribution is -1.94. The molecule has 0 heteroatoms. The second kappa shape index (κ2) is 36.0. The Morgan fingerprint density at radius 3 is 1.47 bits per heavy atom. The highest BCUT2D eigenvalue weighted by Crippen LogP contribution is 2.15. The molecule has 1 atom stereocenters. The molecule has 0 aliphatic heterocycles. The lowest BCUT2D eigenvalue weighted by atomic mass is 9.97. The zero-order chi connectivity index (χ0) is 15.9. The van der Waals surface area contributed by atoms with E-state index >= 15 is 0 Å². The van der Waals surface area contributed by atoms with Gasteiger partial charge in [0.05, 0.1) is 0 Å². The Hall–Kier alpha value is -1.04. The lowest BCUT2D eigenvalue weighted by Gasteiger charge is -2.09. The fourth-order valence-corrected chi connectivity index (χ4v) is 1.17. The van der Waals surface area contributed by atoms with E-state index in [0.29, 0.717) is 0 Å². The van der Waals surface area contributed by atoms with Gasteiger partial charge in [0.25, 0.3) is 0 Å². The van der Waals surface area contributed by atoms with Crippen molar-refractivity contribution in [3.8, 4) is 0 Å². The molecule has 0 aromatic rings. The van der Waals surface area contributed by atoms with E-state index < -0.39 is 0 Å². The fourth-order valence-electron chi connectivity index (χ4n) is 1.17. The van der Waals surface area contributed by atoms with Crippen LogP contribution in [0, 0.1) is 5.92 Å². The highest BCUT2D eigenvalue weighted by atomic mass is 14.1. The summed E-state index contributed by atoms with van der Waals surface area (Å²) in [5.74, 6) is 0.949. The van der Waals surface area contributed by atoms with Crippen molar-refractivity contribution in [3.63, 3.8) is 0 Å². The van der Waals surface area contributed by atoms with Gasteiger partial charge in [0, 0.05) is 0 Å². The maximum atomic E-state index is 3.00. The molecule has 0 spiro atoms. The van der Waals surface area contributed by atoms with Gasteiger partial charge in [-0.2, -0.15) is 0 Å². The summed E-state index contributed by atoms with van der Waals surface area (Å²) in [6, 6.07) is 0. The molecule has 0 nitrogen and oxygen atoms in total. The molecule has 0 bridgehead atoms. The molecule has 114 valence electrons. The van der Waals surface area contributed by atoms with Crippen molar-refractivity contribution in [2.24, 2.45) is 5.92 Å². The van der Waals surface area contributed by atoms with Crippen molar-refractivity contribution < 1.29 is 0 Å². The molecule has 0 amide bonds. The summed E-state index contributed by atoms with van der Waals surface area (Å²) in [6.45, 7) is 20.3. The smallest absolute Gasteiger partial charge is 0.0325 e. The van der Waals surface area contributed by atoms with Crippen LogP contribution in [0.1, 0.15) is 67.7 Å². The molecule has 0 aromatic carbocycles. The summed E-state index contributed by atoms with van der Waals surface area (Å²) in [5, 5.41) is 0. The SMILES string of the molecule is C/C=C\C=C\C.C=C.CC.CC.CC1CC=CCC1. The highest BCUT2D eigenvalue weighted by molar-refractivity contribution is 4.98. The zero-order valence-electron chi connectivity index (χ0n) is 14.6. The summed E-state index contributed by atoms with van der Waals surface area (Å²) < 4.78 is 0. The van der Waals surface area contributed by atoms with Crippen molar-refractivity contribution in [3.05, 3.63) is 49.6 Å². The molecular formula is C19H38. The van der Waals surface area contributed by atoms with Crippen LogP contribution in [0.4, 0.5) is 0 Å². The molecule has 0 heterocycles. The van der Waals surface area contributed by atoms with Gasteiger partial charge < -0.3 is 0 Å². The van der Waals surface area contributed by atoms with E-state index in [9.17, 15) is 0 Å². The van der Waals surface area contributed by atoms with Crippen molar-refractivity contribution >= 4 is 0 Å². The van der Waals surface area contributed by atoms with E-state index in [-0.39, 0.29) is 0 Å². The molecule has 0 fully saturated rings. The van der Waals surface area contributed by atoms with E-state index in [1.165, 1.54) is 19.3 Å². The van der Waals surface area contributed by atoms with Crippen LogP contribution in [0.3, 0.4) is 0 Å². The largest absolute Gasteiger partial charge is 0.106 e. The Kier molecular flexibility index (Phi) is 50.2. The minimum Gasteiger partial charge on any atom is -0.106 e. The first-order valence-corrected chi connectivity index (χ1v) is 7.70. The van der Waals surface area contributed by atoms with Crippen LogP contribution in [0.2, 0.25) is 0 Å². The molecular weight excluding hydrogens is 228 g/mol. The molecule has 1 aliphatic carbocycles. The Bertz CT molecular complexity index is 174. The number of hydrogen-bond donors (Lipinski definition) is 0. The van der Waals surface area contributed by atoms with Gasteiger partial charge in [0.15, 0.2) is 0 Å². The quantitative estimate of drug-likeness (QED) is 0.343. The predicted octanol–water partition coefficient (Wildman–Crippen LogP) is 7.36. The molecule has 0 saturated heterocycles. The van der Waals surface area contributed by atoms with Gasteiger partial charge in [-0.15, -0.1) is 13.2 Å². The second-order valence-corrected chi connectivity index (χ2v) is 3.44. The van der Waals surface area contributed by atoms with Crippen LogP contribution in [0.5, 0.6) is 0 Å². The molecule has 1 aliphatic rings. The third kappa shape index (κ3) is 38.3. The van der Waals surface area contributed by atoms with Gasteiger partial charge in [-0.05, 0) is 39.0 Å². The van der Waals surface area contributed by atoms with Gasteiger partial charge >= 0.3 is 0 Å². The maximum Gasteiger partial charge on any atom is -0.0325 e. The average molecular weight is 267 g/mol. The summed E-state index contributed by atoms with van der Waals surface area (Å²) in [6.07, 6.45) is 16.6. The topological polar surface area (TPSA) is 0 Å². The second-order valence-electron chi connectivity index (χ2n) is 3.44. The van der Waals surface area contributed by atoms with Gasteiger partial charge in [-0.1, -0.05) is 71.1 Å². The fraction of sp³-hybridized carbons (Fsp3) is 0.579. The number of allylic oxidation sites excluding steroid dienone is 6. The van der Waals surface area contributed by atoms with Gasteiger partial charge in [-0.25, -0.2) is 0 Å². The molecule has 19 heavy (non-hydrogen) atoms. The van der Waals surface area contributed by atoms with Gasteiger partial charge in [0.1, 0.15) is 0 Å². The van der Waals surface area contributed by atoms with Crippen molar-refractivity contribution in [1.29, 1.82) is 0 Å². The van der Waals surface area contributed by atoms with Crippen molar-refractivity contribution in [2.45, 2.75) is 67.7 Å². The van der Waals surface area contributed by atoms with Crippen LogP contribution in [0.15, 0.2) is 49.6 Å². The monoisotopic (exact) mass is 266 g/mol. The van der Waals surface area contributed by atoms with Crippen LogP contribution >= 0.6 is 0 Å². The predicted molar refractivity (Wildman–Crippen MR) is 95.7 cm³/mol. The summed E-state index contributed by atoms with van der Waals surface area (Å²) in [4.78, 5) is 0. The molecule has 1 rings (SSSR count). The minimum atomic E-state index is 0.949. The van der Waals surface area contributed by atoms with E-state index in [1.54, 1.807) is 0 Å². The molecule has 0 N–H and O–H groups in total. The van der Waals surface area contributed by atoms with E-state index in [0.717, 1.165) is 5.92 Å². The third-order valence-electron chi connectivity index (χ3n) is 2.03. The van der Waals surface area contributed by atoms with Crippen LogP contribution in [-0.2, 0) is 0 Å². The minimum absolute atomic E-state index is 0.949. The maximum absolute atomic E-state index is 3.00. The average Bonchev–Trinajstić information content (AvgIpc) is 2.52. The first-order valence-electron chi connectivity index (χ1n) is 7.70. The van der Waals surface area contributed by atoms with Gasteiger partial charge in [0.2, 0.25) is 0 Å². The normalized spacial score (nSPS) is 15.8. The van der Waals surface area contributed by atoms with E-state index in [2.05, 4.69) is 32.2 Å². The highest BCUT2D eigenvalue weighted by Gasteiger charge is 2.00. The Balaban J connectivity index is -0.0000000858. The Labute approximate surface area is 124 Å². The Morgan fingerprint density at radius 1 is 0.895 bits per heavy atom. The third-order valence-corrected chi connectivity index (χ3v) is 2.03. The molecule has 0 saturated carbocycles. The number of rotatable bonds is 1. The van der Waals surface area contributed by atoms with Crippen LogP contribution < -0.4 is 0 Å². The summed E-state index contributed by atoms with van der Waals surface area (Å²) in [7, 11) is 0. The summed E-state index contributed by atoms with van der Waals surface area (Å²) in [5.41, 5.74) is 0. The van der Waals surface area contributed by atoms with E-state index in [1.807, 2.05) is 65.8 Å². The van der Waals surface area contributed by atoms with Crippen molar-refractivity contribution in [2.75, 3.05) is 0 Å². The first kappa shape index (κ1) is 26.5. The zero-order valence-corrected chi connectivity index (χ0v) is 14.6. The molecule has 0 radical (unpaired) electrons. The van der Waals surface area contributed by atoms with Gasteiger partial charge in [-0.3, -0.25) is 0 Å². The number of hydrogen-bond acceptors (Lipinski definition) is 0. The first-order chi connectivity index (χ1) is 9.31. The van der Waals surface area contributed by atoms with Crippen molar-refractivity contribution in [1.82, 2.24) is 0 Å². The van der Waals surface area contributed by atoms with Crippen LogP contribution in [0.25, 0.3) is 0 Å². The lowest BCUT2D eigenvalue weighted by molar-refractivity contribution is 0.527. The Morgan fingerprint density at radius 2 is 1.32 bits per heavy atom. The summed E-state index contributed by atoms with van der Waals surface area (Å²) >= 11 is 0. The van der Waals surface area contributed by atoms with Crippen LogP contribution in [-0.4, -0.2) is 0 Å². The molecule has 0 aromatic heterocycles. The molecule has 1 unspecified atom stereocenters. The standard InChI is InChI=1S/C7H12.C6H10.2C2H6.C2H4/c1-7-5-3-2-4-6-7;1-3-5-6-4-2;3*1-2/h2-3,7H,4-6H2,1H3;3-6H,1-2H3;2*1-2H3;1-2H2/b;5-3-,6-4+;;;.